The van der Waals surface area contributed by atoms with E-state index in [4.69, 9.17) is 0 Å². The standard InChI is InChI=1S/C26H19N2O/c29-24(21-12-10-20(11-13-21)19-6-2-1-3-7-19)18-28-17-5-9-23-15-14-22-8-4-16-27-25(22)26(23)28/h1-17H,18H2/q+1. The Bertz CT molecular complexity index is 1330. The molecule has 0 N–H and O–H groups in total. The predicted molar refractivity (Wildman–Crippen MR) is 116 cm³/mol. The number of ketones is 1. The Morgan fingerprint density at radius 3 is 2.28 bits per heavy atom. The van der Waals surface area contributed by atoms with Gasteiger partial charge in [0.2, 0.25) is 17.8 Å². The molecule has 0 unspecified atom stereocenters. The van der Waals surface area contributed by atoms with Crippen molar-refractivity contribution in [1.82, 2.24) is 4.98 Å². The van der Waals surface area contributed by atoms with Crippen molar-refractivity contribution in [3.8, 4) is 11.1 Å². The number of carbonyl (C=O) groups is 1. The van der Waals surface area contributed by atoms with Gasteiger partial charge in [-0.25, -0.2) is 4.98 Å². The van der Waals surface area contributed by atoms with Gasteiger partial charge in [0.15, 0.2) is 6.20 Å². The lowest BCUT2D eigenvalue weighted by Gasteiger charge is -2.05. The van der Waals surface area contributed by atoms with Gasteiger partial charge in [0, 0.05) is 28.6 Å². The van der Waals surface area contributed by atoms with E-state index in [9.17, 15) is 4.79 Å². The van der Waals surface area contributed by atoms with Crippen LogP contribution in [-0.4, -0.2) is 10.8 Å². The maximum atomic E-state index is 13.0. The molecule has 0 spiro atoms. The lowest BCUT2D eigenvalue weighted by atomic mass is 10.0. The van der Waals surface area contributed by atoms with E-state index in [2.05, 4.69) is 35.3 Å². The fourth-order valence-electron chi connectivity index (χ4n) is 3.76. The molecule has 2 aromatic heterocycles. The van der Waals surface area contributed by atoms with Gasteiger partial charge in [0.1, 0.15) is 5.52 Å². The summed E-state index contributed by atoms with van der Waals surface area (Å²) in [6.07, 6.45) is 3.75. The first-order chi connectivity index (χ1) is 14.3. The monoisotopic (exact) mass is 375 g/mol. The van der Waals surface area contributed by atoms with E-state index < -0.39 is 0 Å². The summed E-state index contributed by atoms with van der Waals surface area (Å²) in [4.78, 5) is 17.6. The Morgan fingerprint density at radius 1 is 0.724 bits per heavy atom. The van der Waals surface area contributed by atoms with Gasteiger partial charge in [-0.15, -0.1) is 0 Å². The average Bonchev–Trinajstić information content (AvgIpc) is 2.79. The SMILES string of the molecule is O=C(C[n+]1cccc2ccc3cccnc3c21)c1ccc(-c2ccccc2)cc1. The van der Waals surface area contributed by atoms with Crippen LogP contribution in [0.1, 0.15) is 10.4 Å². The number of nitrogens with zero attached hydrogens (tertiary/aromatic N) is 2. The first-order valence-electron chi connectivity index (χ1n) is 9.64. The van der Waals surface area contributed by atoms with E-state index in [1.807, 2.05) is 71.4 Å². The summed E-state index contributed by atoms with van der Waals surface area (Å²) in [5.74, 6) is 0.0787. The molecule has 138 valence electrons. The van der Waals surface area contributed by atoms with Crippen molar-refractivity contribution in [1.29, 1.82) is 0 Å². The minimum absolute atomic E-state index is 0.0787. The predicted octanol–water partition coefficient (Wildman–Crippen LogP) is 5.23. The van der Waals surface area contributed by atoms with Gasteiger partial charge in [-0.1, -0.05) is 66.7 Å². The number of rotatable bonds is 4. The summed E-state index contributed by atoms with van der Waals surface area (Å²) in [6, 6.07) is 30.2. The number of hydrogen-bond donors (Lipinski definition) is 0. The van der Waals surface area contributed by atoms with Crippen molar-refractivity contribution in [2.75, 3.05) is 0 Å². The maximum Gasteiger partial charge on any atom is 0.239 e. The topological polar surface area (TPSA) is 33.8 Å². The average molecular weight is 375 g/mol. The molecule has 5 rings (SSSR count). The van der Waals surface area contributed by atoms with Gasteiger partial charge >= 0.3 is 0 Å². The smallest absolute Gasteiger partial charge is 0.239 e. The zero-order chi connectivity index (χ0) is 19.6. The van der Waals surface area contributed by atoms with E-state index in [1.165, 1.54) is 0 Å². The number of aromatic nitrogens is 2. The highest BCUT2D eigenvalue weighted by molar-refractivity contribution is 6.01. The molecule has 3 nitrogen and oxygen atoms in total. The molecular formula is C26H19N2O+. The quantitative estimate of drug-likeness (QED) is 0.245. The number of pyridine rings is 2. The van der Waals surface area contributed by atoms with Crippen molar-refractivity contribution in [2.24, 2.45) is 0 Å². The molecule has 5 aromatic rings. The molecule has 29 heavy (non-hydrogen) atoms. The Labute approximate surface area is 168 Å². The zero-order valence-corrected chi connectivity index (χ0v) is 15.8. The summed E-state index contributed by atoms with van der Waals surface area (Å²) in [7, 11) is 0. The van der Waals surface area contributed by atoms with E-state index in [1.54, 1.807) is 6.20 Å². The molecule has 0 amide bonds. The van der Waals surface area contributed by atoms with Crippen molar-refractivity contribution < 1.29 is 9.36 Å². The first kappa shape index (κ1) is 17.3. The summed E-state index contributed by atoms with van der Waals surface area (Å²) >= 11 is 0. The minimum Gasteiger partial charge on any atom is -0.287 e. The van der Waals surface area contributed by atoms with Crippen LogP contribution < -0.4 is 4.57 Å². The Hall–Kier alpha value is -3.85. The third-order valence-corrected chi connectivity index (χ3v) is 5.24. The largest absolute Gasteiger partial charge is 0.287 e. The molecule has 3 heteroatoms. The number of carbonyl (C=O) groups excluding carboxylic acids is 1. The number of fused-ring (bicyclic) bond motifs is 3. The van der Waals surface area contributed by atoms with Crippen molar-refractivity contribution in [2.45, 2.75) is 6.54 Å². The molecule has 0 radical (unpaired) electrons. The van der Waals surface area contributed by atoms with Crippen LogP contribution in [0.2, 0.25) is 0 Å². The van der Waals surface area contributed by atoms with Crippen LogP contribution in [0.5, 0.6) is 0 Å². The summed E-state index contributed by atoms with van der Waals surface area (Å²) in [5, 5.41) is 2.14. The fraction of sp³-hybridized carbons (Fsp3) is 0.0385. The van der Waals surface area contributed by atoms with Crippen molar-refractivity contribution in [3.05, 3.63) is 109 Å². The lowest BCUT2D eigenvalue weighted by molar-refractivity contribution is -0.656. The second kappa shape index (κ2) is 7.28. The third kappa shape index (κ3) is 3.27. The third-order valence-electron chi connectivity index (χ3n) is 5.24. The minimum atomic E-state index is 0.0787. The van der Waals surface area contributed by atoms with Crippen LogP contribution in [0.4, 0.5) is 0 Å². The number of benzene rings is 3. The van der Waals surface area contributed by atoms with E-state index >= 15 is 0 Å². The van der Waals surface area contributed by atoms with Gasteiger partial charge < -0.3 is 0 Å². The van der Waals surface area contributed by atoms with Gasteiger partial charge in [-0.05, 0) is 29.3 Å². The van der Waals surface area contributed by atoms with Crippen LogP contribution >= 0.6 is 0 Å². The van der Waals surface area contributed by atoms with Gasteiger partial charge in [0.25, 0.3) is 0 Å². The first-order valence-corrected chi connectivity index (χ1v) is 9.64. The summed E-state index contributed by atoms with van der Waals surface area (Å²) in [6.45, 7) is 0.276. The molecule has 0 fully saturated rings. The molecule has 0 saturated carbocycles. The Morgan fingerprint density at radius 2 is 1.45 bits per heavy atom. The van der Waals surface area contributed by atoms with Crippen LogP contribution in [0.15, 0.2) is 103 Å². The Balaban J connectivity index is 1.50. The van der Waals surface area contributed by atoms with Crippen LogP contribution in [0, 0.1) is 0 Å². The zero-order valence-electron chi connectivity index (χ0n) is 15.8. The molecule has 0 aliphatic rings. The second-order valence-corrected chi connectivity index (χ2v) is 7.08. The van der Waals surface area contributed by atoms with Crippen molar-refractivity contribution >= 4 is 27.6 Å². The summed E-state index contributed by atoms with van der Waals surface area (Å²) < 4.78 is 2.00. The number of hydrogen-bond acceptors (Lipinski definition) is 2. The highest BCUT2D eigenvalue weighted by Crippen LogP contribution is 2.21. The van der Waals surface area contributed by atoms with Gasteiger partial charge in [0.05, 0.1) is 0 Å². The van der Waals surface area contributed by atoms with Crippen LogP contribution in [0.25, 0.3) is 32.9 Å². The maximum absolute atomic E-state index is 13.0. The lowest BCUT2D eigenvalue weighted by Crippen LogP contribution is -2.38. The van der Waals surface area contributed by atoms with E-state index in [0.29, 0.717) is 5.56 Å². The molecule has 0 aliphatic heterocycles. The van der Waals surface area contributed by atoms with Crippen molar-refractivity contribution in [3.63, 3.8) is 0 Å². The highest BCUT2D eigenvalue weighted by Gasteiger charge is 2.18. The molecule has 0 aliphatic carbocycles. The van der Waals surface area contributed by atoms with Gasteiger partial charge in [-0.2, -0.15) is 4.57 Å². The van der Waals surface area contributed by atoms with Crippen LogP contribution in [0.3, 0.4) is 0 Å². The Kier molecular flexibility index (Phi) is 4.34. The molecule has 0 saturated heterocycles. The molecule has 0 atom stereocenters. The normalized spacial score (nSPS) is 11.0. The highest BCUT2D eigenvalue weighted by atomic mass is 16.1. The second-order valence-electron chi connectivity index (χ2n) is 7.08. The van der Waals surface area contributed by atoms with E-state index in [0.717, 1.165) is 32.9 Å². The summed E-state index contributed by atoms with van der Waals surface area (Å²) in [5.41, 5.74) is 4.86. The fourth-order valence-corrected chi connectivity index (χ4v) is 3.76. The number of Topliss-reactive ketones (excluding diaryl/α,β-unsaturated/α-hetero) is 1. The van der Waals surface area contributed by atoms with Crippen LogP contribution in [-0.2, 0) is 6.54 Å². The molecule has 2 heterocycles. The molecule has 0 bridgehead atoms. The van der Waals surface area contributed by atoms with Gasteiger partial charge in [-0.3, -0.25) is 4.79 Å². The molecular weight excluding hydrogens is 356 g/mol. The van der Waals surface area contributed by atoms with E-state index in [-0.39, 0.29) is 12.3 Å². The molecule has 3 aromatic carbocycles.